The summed E-state index contributed by atoms with van der Waals surface area (Å²) in [7, 11) is 1.74. The van der Waals surface area contributed by atoms with E-state index >= 15 is 0 Å². The number of nitrogens with one attached hydrogen (secondary N) is 1. The predicted molar refractivity (Wildman–Crippen MR) is 85.3 cm³/mol. The van der Waals surface area contributed by atoms with E-state index in [0.29, 0.717) is 6.04 Å². The predicted octanol–water partition coefficient (Wildman–Crippen LogP) is 4.03. The van der Waals surface area contributed by atoms with Crippen molar-refractivity contribution in [3.63, 3.8) is 0 Å². The summed E-state index contributed by atoms with van der Waals surface area (Å²) in [5, 5.41) is 3.84. The zero-order valence-corrected chi connectivity index (χ0v) is 13.2. The van der Waals surface area contributed by atoms with Crippen LogP contribution in [-0.2, 0) is 0 Å². The number of hydrogen-bond donors (Lipinski definition) is 1. The van der Waals surface area contributed by atoms with Gasteiger partial charge >= 0.3 is 0 Å². The molecule has 1 aromatic rings. The van der Waals surface area contributed by atoms with Crippen LogP contribution < -0.4 is 10.1 Å². The lowest BCUT2D eigenvalue weighted by atomic mass is 9.93. The van der Waals surface area contributed by atoms with Gasteiger partial charge in [-0.25, -0.2) is 0 Å². The second-order valence-electron chi connectivity index (χ2n) is 7.27. The van der Waals surface area contributed by atoms with Crippen LogP contribution in [0.2, 0.25) is 0 Å². The van der Waals surface area contributed by atoms with Crippen molar-refractivity contribution in [2.75, 3.05) is 13.7 Å². The normalized spacial score (nSPS) is 37.3. The topological polar surface area (TPSA) is 21.3 Å². The van der Waals surface area contributed by atoms with Gasteiger partial charge in [0.1, 0.15) is 5.75 Å². The van der Waals surface area contributed by atoms with Crippen LogP contribution in [0.5, 0.6) is 5.75 Å². The van der Waals surface area contributed by atoms with Crippen LogP contribution in [0.1, 0.15) is 44.2 Å². The van der Waals surface area contributed by atoms with E-state index in [1.54, 1.807) is 7.11 Å². The van der Waals surface area contributed by atoms with Crippen LogP contribution >= 0.6 is 0 Å². The van der Waals surface area contributed by atoms with Gasteiger partial charge in [0.25, 0.3) is 0 Å². The third kappa shape index (κ3) is 2.19. The molecule has 21 heavy (non-hydrogen) atoms. The van der Waals surface area contributed by atoms with E-state index in [4.69, 9.17) is 4.74 Å². The molecule has 3 saturated carbocycles. The van der Waals surface area contributed by atoms with Gasteiger partial charge in [0.15, 0.2) is 0 Å². The molecule has 0 radical (unpaired) electrons. The van der Waals surface area contributed by atoms with Gasteiger partial charge in [-0.05, 0) is 79.5 Å². The highest BCUT2D eigenvalue weighted by atomic mass is 16.5. The van der Waals surface area contributed by atoms with Gasteiger partial charge in [-0.15, -0.1) is 0 Å². The Morgan fingerprint density at radius 2 is 1.81 bits per heavy atom. The SMILES string of the molecule is CCCNC(c1ccc(OC)cc1)C1C2C3CCC(C3)C21. The van der Waals surface area contributed by atoms with Crippen LogP contribution in [0.25, 0.3) is 0 Å². The molecule has 5 atom stereocenters. The second kappa shape index (κ2) is 5.31. The fraction of sp³-hybridized carbons (Fsp3) is 0.684. The molecule has 0 aromatic heterocycles. The van der Waals surface area contributed by atoms with Gasteiger partial charge < -0.3 is 10.1 Å². The molecule has 2 bridgehead atoms. The van der Waals surface area contributed by atoms with Crippen molar-refractivity contribution in [3.8, 4) is 5.75 Å². The molecule has 0 saturated heterocycles. The van der Waals surface area contributed by atoms with E-state index in [1.165, 1.54) is 31.2 Å². The maximum absolute atomic E-state index is 5.30. The largest absolute Gasteiger partial charge is 0.497 e. The molecule has 1 N–H and O–H groups in total. The molecule has 3 aliphatic carbocycles. The summed E-state index contributed by atoms with van der Waals surface area (Å²) in [4.78, 5) is 0. The van der Waals surface area contributed by atoms with Crippen molar-refractivity contribution in [1.29, 1.82) is 0 Å². The molecule has 2 nitrogen and oxygen atoms in total. The summed E-state index contributed by atoms with van der Waals surface area (Å²) in [5.74, 6) is 6.02. The Bertz CT molecular complexity index is 481. The van der Waals surface area contributed by atoms with Gasteiger partial charge in [-0.1, -0.05) is 19.1 Å². The Hall–Kier alpha value is -1.02. The van der Waals surface area contributed by atoms with Crippen molar-refractivity contribution >= 4 is 0 Å². The number of methoxy groups -OCH3 is 1. The fourth-order valence-corrected chi connectivity index (χ4v) is 5.43. The van der Waals surface area contributed by atoms with Crippen molar-refractivity contribution in [2.45, 2.75) is 38.6 Å². The smallest absolute Gasteiger partial charge is 0.118 e. The van der Waals surface area contributed by atoms with Gasteiger partial charge in [-0.3, -0.25) is 0 Å². The molecular formula is C19H27NO. The van der Waals surface area contributed by atoms with E-state index in [2.05, 4.69) is 36.5 Å². The minimum Gasteiger partial charge on any atom is -0.497 e. The summed E-state index contributed by atoms with van der Waals surface area (Å²) in [6.07, 6.45) is 5.76. The minimum atomic E-state index is 0.564. The Morgan fingerprint density at radius 1 is 1.14 bits per heavy atom. The molecule has 0 heterocycles. The Kier molecular flexibility index (Phi) is 3.45. The van der Waals surface area contributed by atoms with E-state index < -0.39 is 0 Å². The van der Waals surface area contributed by atoms with E-state index in [9.17, 15) is 0 Å². The lowest BCUT2D eigenvalue weighted by Crippen LogP contribution is -2.26. The van der Waals surface area contributed by atoms with Gasteiger partial charge in [0.2, 0.25) is 0 Å². The number of hydrogen-bond acceptors (Lipinski definition) is 2. The number of ether oxygens (including phenoxy) is 1. The average molecular weight is 285 g/mol. The van der Waals surface area contributed by atoms with Crippen LogP contribution in [0.15, 0.2) is 24.3 Å². The minimum absolute atomic E-state index is 0.564. The van der Waals surface area contributed by atoms with Gasteiger partial charge in [0, 0.05) is 6.04 Å². The standard InChI is InChI=1S/C19H27NO/c1-3-10-20-19(12-6-8-15(21-2)9-7-12)18-16-13-4-5-14(11-13)17(16)18/h6-9,13-14,16-20H,3-5,10-11H2,1-2H3. The average Bonchev–Trinajstić information content (AvgIpc) is 2.94. The van der Waals surface area contributed by atoms with Crippen molar-refractivity contribution < 1.29 is 4.74 Å². The lowest BCUT2D eigenvalue weighted by molar-refractivity contribution is 0.369. The first-order valence-corrected chi connectivity index (χ1v) is 8.70. The monoisotopic (exact) mass is 285 g/mol. The van der Waals surface area contributed by atoms with Crippen LogP contribution in [0, 0.1) is 29.6 Å². The number of benzene rings is 1. The molecule has 0 amide bonds. The van der Waals surface area contributed by atoms with Crippen LogP contribution in [0.4, 0.5) is 0 Å². The highest BCUT2D eigenvalue weighted by Crippen LogP contribution is 2.72. The maximum Gasteiger partial charge on any atom is 0.118 e. The molecule has 1 aromatic carbocycles. The van der Waals surface area contributed by atoms with Gasteiger partial charge in [0.05, 0.1) is 7.11 Å². The summed E-state index contributed by atoms with van der Waals surface area (Å²) in [6.45, 7) is 3.39. The Labute approximate surface area is 128 Å². The molecule has 4 rings (SSSR count). The first kappa shape index (κ1) is 13.6. The number of rotatable bonds is 6. The van der Waals surface area contributed by atoms with Crippen molar-refractivity contribution in [2.24, 2.45) is 29.6 Å². The first-order chi connectivity index (χ1) is 10.3. The zero-order valence-electron chi connectivity index (χ0n) is 13.2. The van der Waals surface area contributed by atoms with Crippen LogP contribution in [0.3, 0.4) is 0 Å². The van der Waals surface area contributed by atoms with E-state index in [1.807, 2.05) is 0 Å². The summed E-state index contributed by atoms with van der Waals surface area (Å²) in [6, 6.07) is 9.32. The summed E-state index contributed by atoms with van der Waals surface area (Å²) >= 11 is 0. The quantitative estimate of drug-likeness (QED) is 0.852. The molecule has 3 fully saturated rings. The molecular weight excluding hydrogens is 258 g/mol. The zero-order chi connectivity index (χ0) is 14.4. The molecule has 0 aliphatic heterocycles. The Morgan fingerprint density at radius 3 is 2.38 bits per heavy atom. The summed E-state index contributed by atoms with van der Waals surface area (Å²) < 4.78 is 5.30. The molecule has 5 unspecified atom stereocenters. The Balaban J connectivity index is 1.54. The molecule has 3 aliphatic rings. The van der Waals surface area contributed by atoms with Gasteiger partial charge in [-0.2, -0.15) is 0 Å². The molecule has 0 spiro atoms. The molecule has 114 valence electrons. The highest BCUT2D eigenvalue weighted by molar-refractivity contribution is 5.32. The van der Waals surface area contributed by atoms with Crippen molar-refractivity contribution in [3.05, 3.63) is 29.8 Å². The summed E-state index contributed by atoms with van der Waals surface area (Å²) in [5.41, 5.74) is 1.46. The lowest BCUT2D eigenvalue weighted by Gasteiger charge is -2.22. The fourth-order valence-electron chi connectivity index (χ4n) is 5.43. The third-order valence-corrected chi connectivity index (χ3v) is 6.27. The third-order valence-electron chi connectivity index (χ3n) is 6.27. The van der Waals surface area contributed by atoms with E-state index in [0.717, 1.165) is 41.9 Å². The second-order valence-corrected chi connectivity index (χ2v) is 7.27. The van der Waals surface area contributed by atoms with Crippen LogP contribution in [-0.4, -0.2) is 13.7 Å². The first-order valence-electron chi connectivity index (χ1n) is 8.70. The van der Waals surface area contributed by atoms with Crippen molar-refractivity contribution in [1.82, 2.24) is 5.32 Å². The maximum atomic E-state index is 5.30. The highest BCUT2D eigenvalue weighted by Gasteiger charge is 2.66. The van der Waals surface area contributed by atoms with E-state index in [-0.39, 0.29) is 0 Å². The molecule has 2 heteroatoms. The number of fused-ring (bicyclic) bond motifs is 5.